The first-order chi connectivity index (χ1) is 34.5. The average Bonchev–Trinajstić information content (AvgIpc) is 3.42. The van der Waals surface area contributed by atoms with Gasteiger partial charge in [-0.1, -0.05) is 55.7 Å². The molecule has 0 bridgehead atoms. The number of benzene rings is 3. The summed E-state index contributed by atoms with van der Waals surface area (Å²) in [6, 6.07) is 18.7. The van der Waals surface area contributed by atoms with Crippen molar-refractivity contribution in [3.05, 3.63) is 111 Å². The first-order valence-electron chi connectivity index (χ1n) is 25.8. The molecule has 1 aliphatic carbocycles. The van der Waals surface area contributed by atoms with E-state index in [1.54, 1.807) is 34.1 Å². The third-order valence-electron chi connectivity index (χ3n) is 15.8. The average molecular weight is 993 g/mol. The monoisotopic (exact) mass is 991 g/mol. The Kier molecular flexibility index (Phi) is 16.4. The number of hydrogen-bond acceptors (Lipinski definition) is 9. The number of halogens is 2. The third-order valence-corrected chi connectivity index (χ3v) is 16.0. The highest BCUT2D eigenvalue weighted by Crippen LogP contribution is 2.31. The van der Waals surface area contributed by atoms with E-state index in [4.69, 9.17) is 11.6 Å². The quantitative estimate of drug-likeness (QED) is 0.173. The highest BCUT2D eigenvalue weighted by atomic mass is 35.5. The number of carbonyl (C=O) groups is 5. The van der Waals surface area contributed by atoms with E-state index in [0.717, 1.165) is 96.1 Å². The zero-order valence-electron chi connectivity index (χ0n) is 40.7. The van der Waals surface area contributed by atoms with E-state index in [9.17, 15) is 28.8 Å². The summed E-state index contributed by atoms with van der Waals surface area (Å²) in [5.74, 6) is -0.581. The van der Waals surface area contributed by atoms with Gasteiger partial charge in [0.15, 0.2) is 0 Å². The van der Waals surface area contributed by atoms with E-state index in [1.807, 2.05) is 46.2 Å². The second-order valence-corrected chi connectivity index (χ2v) is 20.6. The van der Waals surface area contributed by atoms with Gasteiger partial charge < -0.3 is 24.9 Å². The van der Waals surface area contributed by atoms with Crippen molar-refractivity contribution >= 4 is 51.9 Å². The van der Waals surface area contributed by atoms with Gasteiger partial charge in [-0.15, -0.1) is 11.6 Å². The van der Waals surface area contributed by atoms with Gasteiger partial charge in [0.25, 0.3) is 17.4 Å². The summed E-state index contributed by atoms with van der Waals surface area (Å²) in [6.07, 6.45) is 9.19. The molecule has 3 aromatic carbocycles. The molecule has 4 saturated heterocycles. The van der Waals surface area contributed by atoms with Crippen LogP contribution < -0.4 is 10.9 Å². The number of aromatic nitrogens is 2. The van der Waals surface area contributed by atoms with Gasteiger partial charge in [0.1, 0.15) is 17.7 Å². The Morgan fingerprint density at radius 1 is 0.704 bits per heavy atom. The molecule has 5 aliphatic rings. The summed E-state index contributed by atoms with van der Waals surface area (Å²) in [5, 5.41) is 11.2. The molecule has 1 saturated carbocycles. The highest BCUT2D eigenvalue weighted by Gasteiger charge is 2.36. The Labute approximate surface area is 420 Å². The normalized spacial score (nSPS) is 20.5. The van der Waals surface area contributed by atoms with Gasteiger partial charge in [-0.25, -0.2) is 9.49 Å². The van der Waals surface area contributed by atoms with Crippen LogP contribution in [-0.4, -0.2) is 173 Å². The number of hydrogen-bond donors (Lipinski definition) is 2. The minimum atomic E-state index is -0.607. The molecule has 0 radical (unpaired) electrons. The predicted octanol–water partition coefficient (Wildman–Crippen LogP) is 5.12. The lowest BCUT2D eigenvalue weighted by Crippen LogP contribution is -2.57. The summed E-state index contributed by atoms with van der Waals surface area (Å²) in [7, 11) is 0. The summed E-state index contributed by atoms with van der Waals surface area (Å²) in [6.45, 7) is 8.39. The lowest BCUT2D eigenvalue weighted by atomic mass is 9.83. The molecule has 1 aromatic heterocycles. The number of nitrogens with one attached hydrogen (secondary N) is 2. The van der Waals surface area contributed by atoms with Crippen LogP contribution in [0.15, 0.2) is 71.5 Å². The fraction of sp³-hybridized carbons (Fsp3) is 0.537. The fourth-order valence-corrected chi connectivity index (χ4v) is 11.7. The molecule has 2 N–H and O–H groups in total. The van der Waals surface area contributed by atoms with Crippen molar-refractivity contribution in [1.29, 1.82) is 0 Å². The number of likely N-dealkylation sites (tertiary alicyclic amines) is 2. The molecule has 5 heterocycles. The van der Waals surface area contributed by atoms with Crippen molar-refractivity contribution in [3.63, 3.8) is 0 Å². The van der Waals surface area contributed by atoms with Gasteiger partial charge >= 0.3 is 0 Å². The number of rotatable bonds is 13. The van der Waals surface area contributed by atoms with Crippen LogP contribution in [0, 0.1) is 17.7 Å². The Bertz CT molecular complexity index is 2620. The van der Waals surface area contributed by atoms with Crippen molar-refractivity contribution < 1.29 is 28.4 Å². The molecule has 5 amide bonds. The Hall–Kier alpha value is -5.71. The minimum Gasteiger partial charge on any atom is -0.341 e. The van der Waals surface area contributed by atoms with Crippen molar-refractivity contribution in [1.82, 2.24) is 44.9 Å². The standard InChI is InChI=1S/C54H67ClFN9O6/c55-33-48(66)65-19-7-12-42(35-65)40-10-6-11-41(32-40)51(68)57-50(39-8-2-1-3-9-39)54(71)64-24-22-61(23-25-64)34-37-17-20-60(21-18-37)36-49(67)62-26-28-63(29-27-62)53(70)45-30-38(15-16-46(45)56)31-47-43-13-4-5-14-44(43)52(69)59-58-47/h4-6,10-11,13-16,30,32,37,39,42,50H,1-3,7-9,12,17-29,31,33-36H2,(H,57,68)(H,59,69)/t42-,50-/m1/s1. The Morgan fingerprint density at radius 3 is 2.17 bits per heavy atom. The number of fused-ring (bicyclic) bond motifs is 1. The lowest BCUT2D eigenvalue weighted by molar-refractivity contribution is -0.137. The number of nitrogens with zero attached hydrogens (tertiary/aromatic N) is 7. The van der Waals surface area contributed by atoms with Crippen LogP contribution in [0.3, 0.4) is 0 Å². The Balaban J connectivity index is 0.707. The van der Waals surface area contributed by atoms with Gasteiger partial charge in [0, 0.05) is 95.3 Å². The van der Waals surface area contributed by atoms with E-state index < -0.39 is 17.8 Å². The SMILES string of the molecule is O=C(N[C@@H](C(=O)N1CCN(CC2CCN(CC(=O)N3CCN(C(=O)c4cc(Cc5n[nH]c(=O)c6ccccc56)ccc4F)CC3)CC2)CC1)C1CCCCC1)c1cccc([C@@H]2CCCN(C(=O)CCl)C2)c1. The minimum absolute atomic E-state index is 0.0147. The summed E-state index contributed by atoms with van der Waals surface area (Å²) in [4.78, 5) is 91.8. The van der Waals surface area contributed by atoms with Gasteiger partial charge in [0.05, 0.1) is 23.2 Å². The zero-order chi connectivity index (χ0) is 49.4. The van der Waals surface area contributed by atoms with Crippen molar-refractivity contribution in [3.8, 4) is 0 Å². The molecule has 5 fully saturated rings. The topological polar surface area (TPSA) is 163 Å². The largest absolute Gasteiger partial charge is 0.341 e. The first kappa shape index (κ1) is 50.2. The van der Waals surface area contributed by atoms with Crippen LogP contribution in [-0.2, 0) is 20.8 Å². The first-order valence-corrected chi connectivity index (χ1v) is 26.3. The van der Waals surface area contributed by atoms with Gasteiger partial charge in [0.2, 0.25) is 17.7 Å². The molecule has 378 valence electrons. The molecule has 71 heavy (non-hydrogen) atoms. The number of aromatic amines is 1. The molecule has 4 aromatic rings. The molecule has 0 unspecified atom stereocenters. The summed E-state index contributed by atoms with van der Waals surface area (Å²) < 4.78 is 15.1. The smallest absolute Gasteiger partial charge is 0.272 e. The zero-order valence-corrected chi connectivity index (χ0v) is 41.4. The molecule has 2 atom stereocenters. The molecule has 15 nitrogen and oxygen atoms in total. The maximum absolute atomic E-state index is 15.1. The summed E-state index contributed by atoms with van der Waals surface area (Å²) in [5.41, 5.74) is 2.57. The number of piperazine rings is 2. The van der Waals surface area contributed by atoms with Crippen molar-refractivity contribution in [2.24, 2.45) is 11.8 Å². The number of amides is 5. The van der Waals surface area contributed by atoms with Crippen LogP contribution in [0.1, 0.15) is 101 Å². The van der Waals surface area contributed by atoms with E-state index in [0.29, 0.717) is 98.8 Å². The van der Waals surface area contributed by atoms with Crippen LogP contribution >= 0.6 is 11.6 Å². The van der Waals surface area contributed by atoms with E-state index in [-0.39, 0.29) is 52.5 Å². The van der Waals surface area contributed by atoms with Crippen molar-refractivity contribution in [2.75, 3.05) is 97.5 Å². The highest BCUT2D eigenvalue weighted by molar-refractivity contribution is 6.27. The van der Waals surface area contributed by atoms with Crippen molar-refractivity contribution in [2.45, 2.75) is 76.2 Å². The molecule has 9 rings (SSSR count). The van der Waals surface area contributed by atoms with Crippen LogP contribution in [0.2, 0.25) is 0 Å². The molecule has 4 aliphatic heterocycles. The predicted molar refractivity (Wildman–Crippen MR) is 270 cm³/mol. The van der Waals surface area contributed by atoms with Crippen LogP contribution in [0.25, 0.3) is 10.8 Å². The third kappa shape index (κ3) is 12.1. The maximum atomic E-state index is 15.1. The second-order valence-electron chi connectivity index (χ2n) is 20.3. The molecular weight excluding hydrogens is 925 g/mol. The Morgan fingerprint density at radius 2 is 1.42 bits per heavy atom. The number of alkyl halides is 1. The molecule has 17 heteroatoms. The van der Waals surface area contributed by atoms with Gasteiger partial charge in [-0.05, 0) is 105 Å². The van der Waals surface area contributed by atoms with E-state index in [2.05, 4.69) is 25.3 Å². The molecule has 0 spiro atoms. The van der Waals surface area contributed by atoms with Gasteiger partial charge in [-0.2, -0.15) is 5.10 Å². The maximum Gasteiger partial charge on any atom is 0.272 e. The van der Waals surface area contributed by atoms with E-state index in [1.165, 1.54) is 6.07 Å². The summed E-state index contributed by atoms with van der Waals surface area (Å²) >= 11 is 5.86. The van der Waals surface area contributed by atoms with E-state index >= 15 is 4.39 Å². The van der Waals surface area contributed by atoms with Gasteiger partial charge in [-0.3, -0.25) is 38.6 Å². The van der Waals surface area contributed by atoms with Crippen LogP contribution in [0.5, 0.6) is 0 Å². The van der Waals surface area contributed by atoms with Crippen LogP contribution in [0.4, 0.5) is 4.39 Å². The number of piperidine rings is 2. The number of carbonyl (C=O) groups excluding carboxylic acids is 5. The number of H-pyrrole nitrogens is 1. The molecular formula is C54H67ClFN9O6. The lowest BCUT2D eigenvalue weighted by Gasteiger charge is -2.41. The fourth-order valence-electron chi connectivity index (χ4n) is 11.6. The second kappa shape index (κ2) is 23.2.